The van der Waals surface area contributed by atoms with Crippen molar-refractivity contribution in [2.24, 2.45) is 16.5 Å². The second kappa shape index (κ2) is 9.00. The van der Waals surface area contributed by atoms with Gasteiger partial charge in [-0.2, -0.15) is 12.7 Å². The standard InChI is InChI=1S/C12H28N2O2S.3CH4/c1-10(11(2,3)4)8-9-14(12(5,6)7)17(13,15)16;;;/h10H,8-9H2,1-7H3,(H2,13,15,16);3*1H4. The van der Waals surface area contributed by atoms with Gasteiger partial charge in [0, 0.05) is 12.1 Å². The first-order valence-corrected chi connectivity index (χ1v) is 7.57. The number of nitrogens with zero attached hydrogens (tertiary/aromatic N) is 1. The van der Waals surface area contributed by atoms with Crippen molar-refractivity contribution in [1.82, 2.24) is 4.31 Å². The van der Waals surface area contributed by atoms with Crippen LogP contribution in [0.2, 0.25) is 0 Å². The minimum Gasteiger partial charge on any atom is -0.216 e. The van der Waals surface area contributed by atoms with Crippen LogP contribution >= 0.6 is 0 Å². The average Bonchev–Trinajstić information content (AvgIpc) is 1.96. The highest BCUT2D eigenvalue weighted by Gasteiger charge is 2.31. The van der Waals surface area contributed by atoms with Crippen molar-refractivity contribution in [3.63, 3.8) is 0 Å². The summed E-state index contributed by atoms with van der Waals surface area (Å²) in [5.41, 5.74) is -0.285. The first-order chi connectivity index (χ1) is 7.26. The van der Waals surface area contributed by atoms with Crippen molar-refractivity contribution in [2.45, 2.75) is 82.7 Å². The second-order valence-electron chi connectivity index (χ2n) is 6.84. The quantitative estimate of drug-likeness (QED) is 0.842. The van der Waals surface area contributed by atoms with Gasteiger partial charge in [0.15, 0.2) is 0 Å². The molecule has 0 amide bonds. The van der Waals surface area contributed by atoms with Gasteiger partial charge in [0.05, 0.1) is 0 Å². The van der Waals surface area contributed by atoms with Crippen LogP contribution < -0.4 is 5.14 Å². The van der Waals surface area contributed by atoms with E-state index in [1.165, 1.54) is 4.31 Å². The molecule has 0 heterocycles. The molecule has 2 N–H and O–H groups in total. The molecule has 0 spiro atoms. The van der Waals surface area contributed by atoms with Crippen molar-refractivity contribution in [3.05, 3.63) is 0 Å². The Morgan fingerprint density at radius 3 is 1.55 bits per heavy atom. The third-order valence-corrected chi connectivity index (χ3v) is 4.64. The molecule has 0 aliphatic rings. The van der Waals surface area contributed by atoms with Crippen LogP contribution in [-0.4, -0.2) is 24.8 Å². The van der Waals surface area contributed by atoms with Gasteiger partial charge in [0.2, 0.25) is 0 Å². The fourth-order valence-corrected chi connectivity index (χ4v) is 2.71. The maximum absolute atomic E-state index is 11.5. The summed E-state index contributed by atoms with van der Waals surface area (Å²) in [6, 6.07) is 0. The monoisotopic (exact) mass is 312 g/mol. The maximum atomic E-state index is 11.5. The van der Waals surface area contributed by atoms with Crippen molar-refractivity contribution >= 4 is 10.2 Å². The molecule has 0 bridgehead atoms. The number of hydrogen-bond acceptors (Lipinski definition) is 2. The lowest BCUT2D eigenvalue weighted by atomic mass is 9.80. The van der Waals surface area contributed by atoms with Crippen LogP contribution in [-0.2, 0) is 10.2 Å². The summed E-state index contributed by atoms with van der Waals surface area (Å²) in [5, 5.41) is 5.26. The van der Waals surface area contributed by atoms with Crippen LogP contribution in [0.15, 0.2) is 0 Å². The van der Waals surface area contributed by atoms with Crippen LogP contribution in [0.5, 0.6) is 0 Å². The summed E-state index contributed by atoms with van der Waals surface area (Å²) in [5.74, 6) is 0.439. The highest BCUT2D eigenvalue weighted by atomic mass is 32.2. The molecule has 0 aliphatic carbocycles. The minimum atomic E-state index is -3.63. The highest BCUT2D eigenvalue weighted by Crippen LogP contribution is 2.29. The van der Waals surface area contributed by atoms with E-state index in [2.05, 4.69) is 27.7 Å². The van der Waals surface area contributed by atoms with Crippen LogP contribution in [0, 0.1) is 11.3 Å². The molecule has 0 saturated carbocycles. The van der Waals surface area contributed by atoms with E-state index < -0.39 is 15.7 Å². The zero-order chi connectivity index (χ0) is 14.1. The number of nitrogens with two attached hydrogens (primary N) is 1. The van der Waals surface area contributed by atoms with Gasteiger partial charge in [0.1, 0.15) is 0 Å². The molecule has 1 unspecified atom stereocenters. The molecule has 0 aromatic rings. The molecule has 0 fully saturated rings. The first kappa shape index (κ1) is 28.1. The summed E-state index contributed by atoms with van der Waals surface area (Å²) in [7, 11) is -3.63. The van der Waals surface area contributed by atoms with Gasteiger partial charge in [-0.05, 0) is 38.5 Å². The Kier molecular flexibility index (Phi) is 12.6. The molecule has 0 aromatic carbocycles. The molecule has 0 saturated heterocycles. The molecular formula is C15H40N2O2S. The first-order valence-electron chi connectivity index (χ1n) is 6.07. The Morgan fingerprint density at radius 1 is 1.00 bits per heavy atom. The van der Waals surface area contributed by atoms with E-state index in [4.69, 9.17) is 5.14 Å². The molecule has 0 aromatic heterocycles. The summed E-state index contributed by atoms with van der Waals surface area (Å²) >= 11 is 0. The van der Waals surface area contributed by atoms with Gasteiger partial charge in [-0.1, -0.05) is 50.0 Å². The molecule has 0 aliphatic heterocycles. The van der Waals surface area contributed by atoms with E-state index in [9.17, 15) is 8.42 Å². The predicted octanol–water partition coefficient (Wildman–Crippen LogP) is 4.27. The molecule has 4 nitrogen and oxygen atoms in total. The Morgan fingerprint density at radius 2 is 1.35 bits per heavy atom. The Labute approximate surface area is 129 Å². The van der Waals surface area contributed by atoms with Crippen molar-refractivity contribution in [1.29, 1.82) is 0 Å². The van der Waals surface area contributed by atoms with Crippen LogP contribution in [0.1, 0.15) is 77.2 Å². The molecule has 1 atom stereocenters. The third kappa shape index (κ3) is 9.72. The van der Waals surface area contributed by atoms with E-state index in [0.29, 0.717) is 12.5 Å². The topological polar surface area (TPSA) is 63.4 Å². The van der Waals surface area contributed by atoms with Gasteiger partial charge in [-0.15, -0.1) is 0 Å². The average molecular weight is 313 g/mol. The van der Waals surface area contributed by atoms with Crippen LogP contribution in [0.3, 0.4) is 0 Å². The molecular weight excluding hydrogens is 272 g/mol. The normalized spacial score (nSPS) is 13.8. The molecule has 20 heavy (non-hydrogen) atoms. The fourth-order valence-electron chi connectivity index (χ4n) is 1.59. The smallest absolute Gasteiger partial charge is 0.216 e. The Balaban J connectivity index is -0.000000427. The van der Waals surface area contributed by atoms with Gasteiger partial charge in [0.25, 0.3) is 10.2 Å². The zero-order valence-electron chi connectivity index (χ0n) is 12.2. The second-order valence-corrected chi connectivity index (χ2v) is 8.31. The summed E-state index contributed by atoms with van der Waals surface area (Å²) in [4.78, 5) is 0. The molecule has 0 rings (SSSR count). The molecule has 5 heteroatoms. The Bertz CT molecular complexity index is 338. The van der Waals surface area contributed by atoms with E-state index in [-0.39, 0.29) is 27.7 Å². The van der Waals surface area contributed by atoms with Crippen molar-refractivity contribution < 1.29 is 8.42 Å². The van der Waals surface area contributed by atoms with Gasteiger partial charge in [-0.25, -0.2) is 5.14 Å². The van der Waals surface area contributed by atoms with Crippen molar-refractivity contribution in [3.8, 4) is 0 Å². The van der Waals surface area contributed by atoms with Crippen LogP contribution in [0.4, 0.5) is 0 Å². The van der Waals surface area contributed by atoms with Crippen molar-refractivity contribution in [2.75, 3.05) is 6.54 Å². The fraction of sp³-hybridized carbons (Fsp3) is 1.00. The third-order valence-electron chi connectivity index (χ3n) is 3.30. The van der Waals surface area contributed by atoms with E-state index >= 15 is 0 Å². The summed E-state index contributed by atoms with van der Waals surface area (Å²) in [6.07, 6.45) is 0.817. The lowest BCUT2D eigenvalue weighted by Crippen LogP contribution is -2.49. The van der Waals surface area contributed by atoms with Crippen LogP contribution in [0.25, 0.3) is 0 Å². The van der Waals surface area contributed by atoms with E-state index in [1.54, 1.807) is 0 Å². The van der Waals surface area contributed by atoms with E-state index in [0.717, 1.165) is 6.42 Å². The predicted molar refractivity (Wildman–Crippen MR) is 93.0 cm³/mol. The lowest BCUT2D eigenvalue weighted by molar-refractivity contribution is 0.191. The zero-order valence-corrected chi connectivity index (χ0v) is 13.1. The number of hydrogen-bond donors (Lipinski definition) is 1. The summed E-state index contributed by atoms with van der Waals surface area (Å²) in [6.45, 7) is 14.7. The lowest BCUT2D eigenvalue weighted by Gasteiger charge is -2.35. The van der Waals surface area contributed by atoms with Gasteiger partial charge < -0.3 is 0 Å². The molecule has 0 radical (unpaired) electrons. The van der Waals surface area contributed by atoms with Gasteiger partial charge >= 0.3 is 0 Å². The Hall–Kier alpha value is -0.130. The number of rotatable bonds is 4. The largest absolute Gasteiger partial charge is 0.277 e. The highest BCUT2D eigenvalue weighted by molar-refractivity contribution is 7.86. The SMILES string of the molecule is C.C.C.CC(CCN(C(C)(C)C)S(N)(=O)=O)C(C)(C)C. The van der Waals surface area contributed by atoms with Gasteiger partial charge in [-0.3, -0.25) is 0 Å². The maximum Gasteiger partial charge on any atom is 0.277 e. The summed E-state index contributed by atoms with van der Waals surface area (Å²) < 4.78 is 24.5. The minimum absolute atomic E-state index is 0. The molecule has 128 valence electrons. The van der Waals surface area contributed by atoms with E-state index in [1.807, 2.05) is 20.8 Å².